The van der Waals surface area contributed by atoms with Crippen molar-refractivity contribution in [2.24, 2.45) is 0 Å². The van der Waals surface area contributed by atoms with Crippen LogP contribution in [0.5, 0.6) is 11.5 Å². The fourth-order valence-electron chi connectivity index (χ4n) is 4.12. The molecule has 0 saturated carbocycles. The minimum absolute atomic E-state index is 0.110. The van der Waals surface area contributed by atoms with E-state index in [4.69, 9.17) is 25.5 Å². The van der Waals surface area contributed by atoms with E-state index in [2.05, 4.69) is 0 Å². The zero-order valence-corrected chi connectivity index (χ0v) is 20.8. The van der Waals surface area contributed by atoms with Gasteiger partial charge in [-0.2, -0.15) is 0 Å². The van der Waals surface area contributed by atoms with E-state index < -0.39 is 17.7 Å². The number of amides is 1. The first kappa shape index (κ1) is 24.4. The van der Waals surface area contributed by atoms with Crippen LogP contribution >= 0.6 is 11.6 Å². The quantitative estimate of drug-likeness (QED) is 0.270. The van der Waals surface area contributed by atoms with E-state index in [9.17, 15) is 14.7 Å². The lowest BCUT2D eigenvalue weighted by Crippen LogP contribution is -2.29. The Morgan fingerprint density at radius 3 is 2.29 bits per heavy atom. The van der Waals surface area contributed by atoms with Gasteiger partial charge in [-0.1, -0.05) is 38.4 Å². The molecule has 1 atom stereocenters. The Bertz CT molecular complexity index is 1320. The Morgan fingerprint density at radius 2 is 1.71 bits per heavy atom. The molecule has 0 spiro atoms. The number of benzene rings is 2. The third-order valence-electron chi connectivity index (χ3n) is 5.99. The smallest absolute Gasteiger partial charge is 0.300 e. The zero-order chi connectivity index (χ0) is 25.5. The molecule has 1 amide bonds. The van der Waals surface area contributed by atoms with Gasteiger partial charge in [0, 0.05) is 5.69 Å². The normalized spacial score (nSPS) is 17.7. The molecule has 0 aliphatic carbocycles. The van der Waals surface area contributed by atoms with Crippen molar-refractivity contribution in [2.45, 2.75) is 32.2 Å². The molecule has 7 nitrogen and oxygen atoms in total. The summed E-state index contributed by atoms with van der Waals surface area (Å²) in [5.74, 6) is -0.921. The standard InChI is InChI=1S/C27H26ClNO6/c1-27(2,3)15-8-10-19(33-4)17(13-15)24(30)22-23(21-7-6-12-35-21)29(26(32)25(22)31)16-9-11-20(34-5)18(28)14-16/h6-14,23,30H,1-5H3/b24-22+. The monoisotopic (exact) mass is 495 g/mol. The minimum atomic E-state index is -1.02. The molecule has 1 N–H and O–H groups in total. The van der Waals surface area contributed by atoms with Crippen LogP contribution in [0.4, 0.5) is 5.69 Å². The average molecular weight is 496 g/mol. The van der Waals surface area contributed by atoms with Gasteiger partial charge in [-0.15, -0.1) is 0 Å². The second-order valence-corrected chi connectivity index (χ2v) is 9.58. The second-order valence-electron chi connectivity index (χ2n) is 9.17. The van der Waals surface area contributed by atoms with Crippen LogP contribution in [0.2, 0.25) is 5.02 Å². The Labute approximate surface area is 208 Å². The molecule has 8 heteroatoms. The summed E-state index contributed by atoms with van der Waals surface area (Å²) in [6.07, 6.45) is 1.44. The summed E-state index contributed by atoms with van der Waals surface area (Å²) < 4.78 is 16.3. The molecule has 4 rings (SSSR count). The molecule has 1 unspecified atom stereocenters. The van der Waals surface area contributed by atoms with Crippen molar-refractivity contribution in [1.82, 2.24) is 0 Å². The van der Waals surface area contributed by atoms with Gasteiger partial charge in [-0.05, 0) is 53.4 Å². The van der Waals surface area contributed by atoms with Gasteiger partial charge in [-0.25, -0.2) is 0 Å². The highest BCUT2D eigenvalue weighted by molar-refractivity contribution is 6.51. The van der Waals surface area contributed by atoms with Gasteiger partial charge >= 0.3 is 0 Å². The number of Topliss-reactive ketones (excluding diaryl/α,β-unsaturated/α-hetero) is 1. The molecule has 1 aromatic heterocycles. The maximum atomic E-state index is 13.3. The molecule has 35 heavy (non-hydrogen) atoms. The first-order valence-corrected chi connectivity index (χ1v) is 11.3. The SMILES string of the molecule is COc1ccc(N2C(=O)C(=O)/C(=C(/O)c3cc(C(C)(C)C)ccc3OC)C2c2ccco2)cc1Cl. The summed E-state index contributed by atoms with van der Waals surface area (Å²) >= 11 is 6.31. The predicted molar refractivity (Wildman–Crippen MR) is 133 cm³/mol. The summed E-state index contributed by atoms with van der Waals surface area (Å²) in [6, 6.07) is 12.4. The van der Waals surface area contributed by atoms with Crippen LogP contribution in [0.3, 0.4) is 0 Å². The van der Waals surface area contributed by atoms with Crippen molar-refractivity contribution in [3.8, 4) is 11.5 Å². The molecule has 1 fully saturated rings. The van der Waals surface area contributed by atoms with Crippen LogP contribution in [0.25, 0.3) is 5.76 Å². The molecule has 3 aromatic rings. The maximum absolute atomic E-state index is 13.3. The molecular weight excluding hydrogens is 470 g/mol. The summed E-state index contributed by atoms with van der Waals surface area (Å²) in [4.78, 5) is 27.9. The van der Waals surface area contributed by atoms with E-state index in [0.29, 0.717) is 28.5 Å². The van der Waals surface area contributed by atoms with E-state index in [1.54, 1.807) is 36.4 Å². The topological polar surface area (TPSA) is 89.2 Å². The second kappa shape index (κ2) is 9.15. The zero-order valence-electron chi connectivity index (χ0n) is 20.1. The molecule has 0 bridgehead atoms. The number of hydrogen-bond acceptors (Lipinski definition) is 6. The lowest BCUT2D eigenvalue weighted by Gasteiger charge is -2.24. The average Bonchev–Trinajstić information content (AvgIpc) is 3.44. The van der Waals surface area contributed by atoms with Gasteiger partial charge in [0.15, 0.2) is 0 Å². The number of methoxy groups -OCH3 is 2. The third kappa shape index (κ3) is 4.28. The van der Waals surface area contributed by atoms with Crippen LogP contribution < -0.4 is 14.4 Å². The molecule has 0 radical (unpaired) electrons. The Hall–Kier alpha value is -3.71. The number of nitrogens with zero attached hydrogens (tertiary/aromatic N) is 1. The number of rotatable bonds is 5. The van der Waals surface area contributed by atoms with Gasteiger partial charge in [0.25, 0.3) is 11.7 Å². The van der Waals surface area contributed by atoms with Gasteiger partial charge in [0.05, 0.1) is 36.6 Å². The number of ketones is 1. The minimum Gasteiger partial charge on any atom is -0.507 e. The van der Waals surface area contributed by atoms with E-state index in [1.165, 1.54) is 31.4 Å². The van der Waals surface area contributed by atoms with E-state index >= 15 is 0 Å². The number of carbonyl (C=O) groups is 2. The predicted octanol–water partition coefficient (Wildman–Crippen LogP) is 5.87. The number of aliphatic hydroxyl groups is 1. The molecule has 182 valence electrons. The molecule has 1 saturated heterocycles. The van der Waals surface area contributed by atoms with Crippen LogP contribution in [-0.4, -0.2) is 31.0 Å². The molecule has 2 aromatic carbocycles. The molecule has 2 heterocycles. The van der Waals surface area contributed by atoms with Crippen molar-refractivity contribution in [3.63, 3.8) is 0 Å². The number of ether oxygens (including phenoxy) is 2. The van der Waals surface area contributed by atoms with Crippen molar-refractivity contribution in [1.29, 1.82) is 0 Å². The fraction of sp³-hybridized carbons (Fsp3) is 0.259. The van der Waals surface area contributed by atoms with Crippen LogP contribution in [-0.2, 0) is 15.0 Å². The number of anilines is 1. The summed E-state index contributed by atoms with van der Waals surface area (Å²) in [5, 5.41) is 11.8. The van der Waals surface area contributed by atoms with Crippen LogP contribution in [0.15, 0.2) is 64.8 Å². The highest BCUT2D eigenvalue weighted by Crippen LogP contribution is 2.45. The lowest BCUT2D eigenvalue weighted by molar-refractivity contribution is -0.132. The van der Waals surface area contributed by atoms with Crippen LogP contribution in [0.1, 0.15) is 43.7 Å². The maximum Gasteiger partial charge on any atom is 0.300 e. The third-order valence-corrected chi connectivity index (χ3v) is 6.29. The van der Waals surface area contributed by atoms with Gasteiger partial charge in [0.1, 0.15) is 29.1 Å². The highest BCUT2D eigenvalue weighted by atomic mass is 35.5. The summed E-state index contributed by atoms with van der Waals surface area (Å²) in [7, 11) is 2.96. The Kier molecular flexibility index (Phi) is 6.38. The van der Waals surface area contributed by atoms with E-state index in [1.807, 2.05) is 26.8 Å². The van der Waals surface area contributed by atoms with Crippen molar-refractivity contribution >= 4 is 34.7 Å². The van der Waals surface area contributed by atoms with Crippen molar-refractivity contribution in [2.75, 3.05) is 19.1 Å². The summed E-state index contributed by atoms with van der Waals surface area (Å²) in [5.41, 5.74) is 1.25. The van der Waals surface area contributed by atoms with E-state index in [-0.39, 0.29) is 21.8 Å². The number of hydrogen-bond donors (Lipinski definition) is 1. The van der Waals surface area contributed by atoms with Crippen molar-refractivity contribution < 1.29 is 28.6 Å². The van der Waals surface area contributed by atoms with Gasteiger partial charge < -0.3 is 19.0 Å². The first-order chi connectivity index (χ1) is 16.6. The number of carbonyl (C=O) groups excluding carboxylic acids is 2. The first-order valence-electron chi connectivity index (χ1n) is 10.9. The largest absolute Gasteiger partial charge is 0.507 e. The fourth-order valence-corrected chi connectivity index (χ4v) is 4.38. The summed E-state index contributed by atoms with van der Waals surface area (Å²) in [6.45, 7) is 6.11. The molecular formula is C27H26ClNO6. The molecule has 1 aliphatic heterocycles. The van der Waals surface area contributed by atoms with E-state index in [0.717, 1.165) is 5.56 Å². The number of aliphatic hydroxyl groups excluding tert-OH is 1. The lowest BCUT2D eigenvalue weighted by atomic mass is 9.85. The highest BCUT2D eigenvalue weighted by Gasteiger charge is 2.48. The van der Waals surface area contributed by atoms with Gasteiger partial charge in [0.2, 0.25) is 0 Å². The number of halogens is 1. The van der Waals surface area contributed by atoms with Crippen LogP contribution in [0, 0.1) is 0 Å². The Morgan fingerprint density at radius 1 is 1.03 bits per heavy atom. The van der Waals surface area contributed by atoms with Gasteiger partial charge in [-0.3, -0.25) is 14.5 Å². The van der Waals surface area contributed by atoms with Crippen molar-refractivity contribution in [3.05, 3.63) is 82.3 Å². The number of furan rings is 1. The molecule has 1 aliphatic rings. The Balaban J connectivity index is 1.96.